The van der Waals surface area contributed by atoms with Crippen molar-refractivity contribution < 1.29 is 0 Å². The second-order valence-corrected chi connectivity index (χ2v) is 6.34. The van der Waals surface area contributed by atoms with Crippen molar-refractivity contribution in [3.63, 3.8) is 0 Å². The Labute approximate surface area is 124 Å². The van der Waals surface area contributed by atoms with Crippen LogP contribution >= 0.6 is 0 Å². The molecule has 0 heterocycles. The first-order valence-electron chi connectivity index (χ1n) is 8.24. The van der Waals surface area contributed by atoms with Gasteiger partial charge in [-0.2, -0.15) is 0 Å². The maximum atomic E-state index is 3.76. The van der Waals surface area contributed by atoms with Crippen LogP contribution in [0.2, 0.25) is 0 Å². The van der Waals surface area contributed by atoms with Gasteiger partial charge in [0.25, 0.3) is 0 Å². The highest BCUT2D eigenvalue weighted by Gasteiger charge is 2.18. The lowest BCUT2D eigenvalue weighted by molar-refractivity contribution is 0.303. The van der Waals surface area contributed by atoms with Crippen LogP contribution in [0.5, 0.6) is 0 Å². The predicted octanol–water partition coefficient (Wildman–Crippen LogP) is 3.99. The number of rotatable bonds is 6. The Bertz CT molecular complexity index is 402. The molecular weight excluding hydrogens is 244 g/mol. The second kappa shape index (κ2) is 7.68. The predicted molar refractivity (Wildman–Crippen MR) is 88.5 cm³/mol. The number of nitrogens with zero attached hydrogens (tertiary/aromatic N) is 1. The fourth-order valence-corrected chi connectivity index (χ4v) is 3.32. The molecule has 2 unspecified atom stereocenters. The van der Waals surface area contributed by atoms with Gasteiger partial charge < -0.3 is 10.2 Å². The molecule has 1 aliphatic carbocycles. The van der Waals surface area contributed by atoms with Gasteiger partial charge in [-0.3, -0.25) is 0 Å². The van der Waals surface area contributed by atoms with Gasteiger partial charge in [0.1, 0.15) is 0 Å². The first-order chi connectivity index (χ1) is 9.69. The first-order valence-corrected chi connectivity index (χ1v) is 8.24. The third kappa shape index (κ3) is 4.52. The molecule has 2 atom stereocenters. The Morgan fingerprint density at radius 2 is 2.15 bits per heavy atom. The monoisotopic (exact) mass is 274 g/mol. The van der Waals surface area contributed by atoms with Crippen molar-refractivity contribution in [1.82, 2.24) is 5.32 Å². The molecule has 0 spiro atoms. The zero-order valence-electron chi connectivity index (χ0n) is 13.4. The third-order valence-corrected chi connectivity index (χ3v) is 4.50. The number of hydrogen-bond acceptors (Lipinski definition) is 2. The SMILES string of the molecule is CCN(CCNC1CCCC(C)C1)c1cccc(C)c1. The minimum Gasteiger partial charge on any atom is -0.371 e. The molecule has 1 aromatic rings. The lowest BCUT2D eigenvalue weighted by Gasteiger charge is -2.29. The van der Waals surface area contributed by atoms with Crippen LogP contribution < -0.4 is 10.2 Å². The van der Waals surface area contributed by atoms with Gasteiger partial charge in [0.2, 0.25) is 0 Å². The average Bonchev–Trinajstić information content (AvgIpc) is 2.44. The summed E-state index contributed by atoms with van der Waals surface area (Å²) in [6.07, 6.45) is 5.54. The molecule has 1 aromatic carbocycles. The summed E-state index contributed by atoms with van der Waals surface area (Å²) in [6, 6.07) is 9.57. The van der Waals surface area contributed by atoms with E-state index in [9.17, 15) is 0 Å². The van der Waals surface area contributed by atoms with Gasteiger partial charge in [0, 0.05) is 31.4 Å². The molecule has 0 aliphatic heterocycles. The van der Waals surface area contributed by atoms with E-state index in [4.69, 9.17) is 0 Å². The van der Waals surface area contributed by atoms with E-state index in [1.165, 1.54) is 36.9 Å². The summed E-state index contributed by atoms with van der Waals surface area (Å²) in [5.41, 5.74) is 2.70. The molecule has 1 aliphatic rings. The van der Waals surface area contributed by atoms with Crippen LogP contribution in [-0.2, 0) is 0 Å². The van der Waals surface area contributed by atoms with Crippen molar-refractivity contribution >= 4 is 5.69 Å². The van der Waals surface area contributed by atoms with Gasteiger partial charge in [-0.15, -0.1) is 0 Å². The second-order valence-electron chi connectivity index (χ2n) is 6.34. The third-order valence-electron chi connectivity index (χ3n) is 4.50. The number of likely N-dealkylation sites (N-methyl/N-ethyl adjacent to an activating group) is 1. The number of benzene rings is 1. The standard InChI is InChI=1S/C18H30N2/c1-4-20(18-10-6-8-16(3)14-18)12-11-19-17-9-5-7-15(2)13-17/h6,8,10,14-15,17,19H,4-5,7,9,11-13H2,1-3H3. The molecule has 1 saturated carbocycles. The lowest BCUT2D eigenvalue weighted by atomic mass is 9.87. The molecule has 0 saturated heterocycles. The number of anilines is 1. The van der Waals surface area contributed by atoms with Crippen LogP contribution in [0.1, 0.15) is 45.1 Å². The molecule has 0 bridgehead atoms. The molecule has 2 nitrogen and oxygen atoms in total. The molecule has 2 heteroatoms. The van der Waals surface area contributed by atoms with Crippen LogP contribution in [0.25, 0.3) is 0 Å². The fourth-order valence-electron chi connectivity index (χ4n) is 3.32. The van der Waals surface area contributed by atoms with Crippen molar-refractivity contribution in [3.8, 4) is 0 Å². The molecule has 1 fully saturated rings. The minimum absolute atomic E-state index is 0.745. The number of aryl methyl sites for hydroxylation is 1. The summed E-state index contributed by atoms with van der Waals surface area (Å²) < 4.78 is 0. The minimum atomic E-state index is 0.745. The number of hydrogen-bond donors (Lipinski definition) is 1. The molecule has 0 amide bonds. The molecule has 20 heavy (non-hydrogen) atoms. The van der Waals surface area contributed by atoms with Crippen LogP contribution in [0.4, 0.5) is 5.69 Å². The van der Waals surface area contributed by atoms with Crippen molar-refractivity contribution in [2.24, 2.45) is 5.92 Å². The average molecular weight is 274 g/mol. The Kier molecular flexibility index (Phi) is 5.90. The maximum Gasteiger partial charge on any atom is 0.0369 e. The molecule has 1 N–H and O–H groups in total. The van der Waals surface area contributed by atoms with Crippen LogP contribution in [0.3, 0.4) is 0 Å². The highest BCUT2D eigenvalue weighted by atomic mass is 15.1. The van der Waals surface area contributed by atoms with Crippen molar-refractivity contribution in [2.45, 2.75) is 52.5 Å². The van der Waals surface area contributed by atoms with E-state index < -0.39 is 0 Å². The van der Waals surface area contributed by atoms with E-state index in [-0.39, 0.29) is 0 Å². The maximum absolute atomic E-state index is 3.76. The lowest BCUT2D eigenvalue weighted by Crippen LogP contribution is -2.39. The van der Waals surface area contributed by atoms with E-state index in [1.54, 1.807) is 0 Å². The van der Waals surface area contributed by atoms with Crippen LogP contribution in [-0.4, -0.2) is 25.7 Å². The fraction of sp³-hybridized carbons (Fsp3) is 0.667. The summed E-state index contributed by atoms with van der Waals surface area (Å²) in [4.78, 5) is 2.46. The summed E-state index contributed by atoms with van der Waals surface area (Å²) >= 11 is 0. The molecule has 2 rings (SSSR count). The Hall–Kier alpha value is -1.02. The zero-order chi connectivity index (χ0) is 14.4. The van der Waals surface area contributed by atoms with Crippen molar-refractivity contribution in [2.75, 3.05) is 24.5 Å². The molecule has 112 valence electrons. The van der Waals surface area contributed by atoms with E-state index in [0.717, 1.165) is 31.6 Å². The van der Waals surface area contributed by atoms with Crippen LogP contribution in [0.15, 0.2) is 24.3 Å². The molecule has 0 radical (unpaired) electrons. The topological polar surface area (TPSA) is 15.3 Å². The van der Waals surface area contributed by atoms with E-state index >= 15 is 0 Å². The number of nitrogens with one attached hydrogen (secondary N) is 1. The summed E-state index contributed by atoms with van der Waals surface area (Å²) in [5, 5.41) is 3.76. The van der Waals surface area contributed by atoms with Crippen molar-refractivity contribution in [1.29, 1.82) is 0 Å². The normalized spacial score (nSPS) is 22.8. The van der Waals surface area contributed by atoms with Crippen LogP contribution in [0, 0.1) is 12.8 Å². The van der Waals surface area contributed by atoms with E-state index in [2.05, 4.69) is 55.3 Å². The van der Waals surface area contributed by atoms with Gasteiger partial charge in [0.05, 0.1) is 0 Å². The van der Waals surface area contributed by atoms with Gasteiger partial charge in [-0.25, -0.2) is 0 Å². The van der Waals surface area contributed by atoms with Gasteiger partial charge in [-0.1, -0.05) is 31.9 Å². The Morgan fingerprint density at radius 1 is 1.30 bits per heavy atom. The summed E-state index contributed by atoms with van der Waals surface area (Å²) in [7, 11) is 0. The van der Waals surface area contributed by atoms with Crippen molar-refractivity contribution in [3.05, 3.63) is 29.8 Å². The van der Waals surface area contributed by atoms with Gasteiger partial charge in [0.15, 0.2) is 0 Å². The van der Waals surface area contributed by atoms with E-state index in [0.29, 0.717) is 0 Å². The summed E-state index contributed by atoms with van der Waals surface area (Å²) in [6.45, 7) is 10.1. The van der Waals surface area contributed by atoms with Gasteiger partial charge >= 0.3 is 0 Å². The Morgan fingerprint density at radius 3 is 2.85 bits per heavy atom. The van der Waals surface area contributed by atoms with Gasteiger partial charge in [-0.05, 0) is 50.3 Å². The highest BCUT2D eigenvalue weighted by molar-refractivity contribution is 5.48. The quantitative estimate of drug-likeness (QED) is 0.844. The Balaban J connectivity index is 1.79. The largest absolute Gasteiger partial charge is 0.371 e. The molecular formula is C18H30N2. The first kappa shape index (κ1) is 15.4. The molecule has 0 aromatic heterocycles. The summed E-state index contributed by atoms with van der Waals surface area (Å²) in [5.74, 6) is 0.903. The zero-order valence-corrected chi connectivity index (χ0v) is 13.4. The van der Waals surface area contributed by atoms with E-state index in [1.807, 2.05) is 0 Å². The highest BCUT2D eigenvalue weighted by Crippen LogP contribution is 2.23. The smallest absolute Gasteiger partial charge is 0.0369 e.